The highest BCUT2D eigenvalue weighted by atomic mass is 16.4. The van der Waals surface area contributed by atoms with Crippen LogP contribution in [0.15, 0.2) is 29.5 Å². The molecule has 42 valence electrons. The Balaban J connectivity index is 2.69. The van der Waals surface area contributed by atoms with E-state index in [1.165, 1.54) is 0 Å². The van der Waals surface area contributed by atoms with Crippen LogP contribution in [0.25, 0.3) is 0 Å². The molecule has 1 aliphatic carbocycles. The molecule has 0 amide bonds. The Bertz CT molecular complexity index is 142. The second-order valence-electron chi connectivity index (χ2n) is 1.57. The molecule has 2 heteroatoms. The van der Waals surface area contributed by atoms with Crippen LogP contribution in [0, 0.1) is 0 Å². The first-order chi connectivity index (χ1) is 3.93. The first-order valence-electron chi connectivity index (χ1n) is 2.48. The highest BCUT2D eigenvalue weighted by Crippen LogP contribution is 1.96. The summed E-state index contributed by atoms with van der Waals surface area (Å²) < 4.78 is 0. The molecule has 8 heavy (non-hydrogen) atoms. The molecule has 1 aliphatic rings. The lowest BCUT2D eigenvalue weighted by atomic mass is 10.2. The molecule has 0 aromatic carbocycles. The lowest BCUT2D eigenvalue weighted by Gasteiger charge is -1.92. The molecule has 0 saturated carbocycles. The maximum atomic E-state index is 8.18. The zero-order valence-electron chi connectivity index (χ0n) is 4.41. The fourth-order valence-corrected chi connectivity index (χ4v) is 0.578. The van der Waals surface area contributed by atoms with Gasteiger partial charge in [0.1, 0.15) is 5.71 Å². The highest BCUT2D eigenvalue weighted by molar-refractivity contribution is 6.04. The van der Waals surface area contributed by atoms with E-state index < -0.39 is 0 Å². The van der Waals surface area contributed by atoms with Gasteiger partial charge in [-0.15, -0.1) is 0 Å². The molecule has 0 saturated heterocycles. The van der Waals surface area contributed by atoms with E-state index >= 15 is 0 Å². The fourth-order valence-electron chi connectivity index (χ4n) is 0.578. The summed E-state index contributed by atoms with van der Waals surface area (Å²) in [6, 6.07) is 0. The van der Waals surface area contributed by atoms with Gasteiger partial charge in [-0.2, -0.15) is 0 Å². The van der Waals surface area contributed by atoms with Crippen molar-refractivity contribution in [3.63, 3.8) is 0 Å². The minimum atomic E-state index is 0.622. The molecular weight excluding hydrogens is 102 g/mol. The van der Waals surface area contributed by atoms with Gasteiger partial charge in [-0.3, -0.25) is 0 Å². The predicted octanol–water partition coefficient (Wildman–Crippen LogP) is 1.33. The first-order valence-corrected chi connectivity index (χ1v) is 2.48. The van der Waals surface area contributed by atoms with Crippen molar-refractivity contribution in [2.75, 3.05) is 0 Å². The van der Waals surface area contributed by atoms with Crippen LogP contribution < -0.4 is 0 Å². The van der Waals surface area contributed by atoms with E-state index in [0.29, 0.717) is 5.71 Å². The molecule has 1 N–H and O–H groups in total. The molecule has 0 radical (unpaired) electrons. The lowest BCUT2D eigenvalue weighted by molar-refractivity contribution is 0.320. The second kappa shape index (κ2) is 2.31. The highest BCUT2D eigenvalue weighted by Gasteiger charge is 1.89. The molecule has 0 bridgehead atoms. The minimum absolute atomic E-state index is 0.622. The van der Waals surface area contributed by atoms with Gasteiger partial charge >= 0.3 is 0 Å². The maximum Gasteiger partial charge on any atom is 0.102 e. The van der Waals surface area contributed by atoms with E-state index in [2.05, 4.69) is 5.16 Å². The molecule has 0 spiro atoms. The van der Waals surface area contributed by atoms with Gasteiger partial charge in [0.25, 0.3) is 0 Å². The van der Waals surface area contributed by atoms with Crippen LogP contribution in [0.2, 0.25) is 0 Å². The van der Waals surface area contributed by atoms with Crippen molar-refractivity contribution in [2.24, 2.45) is 5.16 Å². The number of hydrogen-bond acceptors (Lipinski definition) is 2. The maximum absolute atomic E-state index is 8.18. The minimum Gasteiger partial charge on any atom is -0.410 e. The number of hydrogen-bond donors (Lipinski definition) is 1. The number of rotatable bonds is 0. The molecule has 0 aliphatic heterocycles. The Morgan fingerprint density at radius 1 is 1.38 bits per heavy atom. The van der Waals surface area contributed by atoms with Gasteiger partial charge in [0, 0.05) is 0 Å². The van der Waals surface area contributed by atoms with Gasteiger partial charge in [-0.25, -0.2) is 0 Å². The van der Waals surface area contributed by atoms with Crippen LogP contribution in [-0.2, 0) is 0 Å². The molecule has 0 fully saturated rings. The summed E-state index contributed by atoms with van der Waals surface area (Å²) in [6.07, 6.45) is 8.38. The van der Waals surface area contributed by atoms with Crippen molar-refractivity contribution in [1.82, 2.24) is 0 Å². The average Bonchev–Trinajstić information content (AvgIpc) is 1.90. The molecule has 1 rings (SSSR count). The van der Waals surface area contributed by atoms with Crippen molar-refractivity contribution < 1.29 is 5.21 Å². The second-order valence-corrected chi connectivity index (χ2v) is 1.57. The lowest BCUT2D eigenvalue weighted by Crippen LogP contribution is -1.89. The average molecular weight is 109 g/mol. The van der Waals surface area contributed by atoms with Crippen LogP contribution >= 0.6 is 0 Å². The molecule has 0 atom stereocenters. The van der Waals surface area contributed by atoms with Gasteiger partial charge in [-0.1, -0.05) is 17.3 Å². The molecule has 0 aromatic heterocycles. The Kier molecular flexibility index (Phi) is 1.47. The zero-order chi connectivity index (χ0) is 5.82. The quantitative estimate of drug-likeness (QED) is 0.369. The van der Waals surface area contributed by atoms with Crippen molar-refractivity contribution >= 4 is 5.71 Å². The standard InChI is InChI=1S/C6H7NO/c8-7-6-4-2-1-3-5-6/h2-5,8H,1H2. The molecule has 0 aromatic rings. The van der Waals surface area contributed by atoms with Gasteiger partial charge in [0.2, 0.25) is 0 Å². The van der Waals surface area contributed by atoms with Crippen LogP contribution in [-0.4, -0.2) is 10.9 Å². The first kappa shape index (κ1) is 5.09. The van der Waals surface area contributed by atoms with E-state index in [1.807, 2.05) is 12.2 Å². The van der Waals surface area contributed by atoms with Gasteiger partial charge in [-0.05, 0) is 18.6 Å². The summed E-state index contributed by atoms with van der Waals surface area (Å²) in [6.45, 7) is 0. The third-order valence-electron chi connectivity index (χ3n) is 0.965. The van der Waals surface area contributed by atoms with E-state index in [-0.39, 0.29) is 0 Å². The van der Waals surface area contributed by atoms with E-state index in [1.54, 1.807) is 12.2 Å². The van der Waals surface area contributed by atoms with Crippen LogP contribution in [0.4, 0.5) is 0 Å². The largest absolute Gasteiger partial charge is 0.410 e. The van der Waals surface area contributed by atoms with Crippen LogP contribution in [0.1, 0.15) is 6.42 Å². The summed E-state index contributed by atoms with van der Waals surface area (Å²) in [5.41, 5.74) is 0.622. The van der Waals surface area contributed by atoms with Crippen molar-refractivity contribution in [2.45, 2.75) is 6.42 Å². The van der Waals surface area contributed by atoms with Crippen molar-refractivity contribution in [3.8, 4) is 0 Å². The van der Waals surface area contributed by atoms with E-state index in [0.717, 1.165) is 6.42 Å². The number of oxime groups is 1. The van der Waals surface area contributed by atoms with E-state index in [9.17, 15) is 0 Å². The van der Waals surface area contributed by atoms with Crippen molar-refractivity contribution in [1.29, 1.82) is 0 Å². The number of nitrogens with zero attached hydrogens (tertiary/aromatic N) is 1. The summed E-state index contributed by atoms with van der Waals surface area (Å²) in [7, 11) is 0. The predicted molar refractivity (Wildman–Crippen MR) is 32.1 cm³/mol. The van der Waals surface area contributed by atoms with Crippen LogP contribution in [0.3, 0.4) is 0 Å². The third-order valence-corrected chi connectivity index (χ3v) is 0.965. The van der Waals surface area contributed by atoms with E-state index in [4.69, 9.17) is 5.21 Å². The molecule has 0 heterocycles. The summed E-state index contributed by atoms with van der Waals surface area (Å²) in [5.74, 6) is 0. The fraction of sp³-hybridized carbons (Fsp3) is 0.167. The zero-order valence-corrected chi connectivity index (χ0v) is 4.41. The summed E-state index contributed by atoms with van der Waals surface area (Å²) >= 11 is 0. The smallest absolute Gasteiger partial charge is 0.102 e. The molecule has 0 unspecified atom stereocenters. The summed E-state index contributed by atoms with van der Waals surface area (Å²) in [5, 5.41) is 11.2. The Hall–Kier alpha value is -1.05. The third kappa shape index (κ3) is 0.964. The summed E-state index contributed by atoms with van der Waals surface area (Å²) in [4.78, 5) is 0. The van der Waals surface area contributed by atoms with Gasteiger partial charge in [0.05, 0.1) is 0 Å². The number of allylic oxidation sites excluding steroid dienone is 4. The SMILES string of the molecule is ON=C1C=CCC=C1. The van der Waals surface area contributed by atoms with Gasteiger partial charge in [0.15, 0.2) is 0 Å². The molecule has 2 nitrogen and oxygen atoms in total. The monoisotopic (exact) mass is 109 g/mol. The topological polar surface area (TPSA) is 32.6 Å². The molecular formula is C6H7NO. The van der Waals surface area contributed by atoms with Crippen molar-refractivity contribution in [3.05, 3.63) is 24.3 Å². The van der Waals surface area contributed by atoms with Crippen LogP contribution in [0.5, 0.6) is 0 Å². The Morgan fingerprint density at radius 2 is 2.00 bits per heavy atom. The van der Waals surface area contributed by atoms with Gasteiger partial charge < -0.3 is 5.21 Å². The normalized spacial score (nSPS) is 16.8. The Labute approximate surface area is 47.8 Å². The Morgan fingerprint density at radius 3 is 2.38 bits per heavy atom.